The van der Waals surface area contributed by atoms with Gasteiger partial charge in [-0.2, -0.15) is 5.10 Å². The van der Waals surface area contributed by atoms with Gasteiger partial charge in [-0.15, -0.1) is 0 Å². The van der Waals surface area contributed by atoms with Crippen LogP contribution >= 0.6 is 0 Å². The van der Waals surface area contributed by atoms with Crippen LogP contribution in [0.4, 0.5) is 11.4 Å². The maximum atomic E-state index is 12.6. The van der Waals surface area contributed by atoms with E-state index in [0.29, 0.717) is 6.54 Å². The Hall–Kier alpha value is -2.67. The molecule has 0 saturated carbocycles. The monoisotopic (exact) mass is 383 g/mol. The van der Waals surface area contributed by atoms with Gasteiger partial charge in [0.05, 0.1) is 0 Å². The molecule has 0 aliphatic carbocycles. The fraction of sp³-hybridized carbons (Fsp3) is 0.476. The minimum absolute atomic E-state index is 0.192. The summed E-state index contributed by atoms with van der Waals surface area (Å²) in [5, 5.41) is 7.09. The molecule has 1 aliphatic heterocycles. The van der Waals surface area contributed by atoms with Crippen molar-refractivity contribution in [2.75, 3.05) is 42.9 Å². The first kappa shape index (κ1) is 20.1. The SMILES string of the molecule is CCCn1nc(C(=O)Nc2ccc(N3CCN(CC)CC3)cc2C)ccc1=O. The Morgan fingerprint density at radius 2 is 1.86 bits per heavy atom. The predicted molar refractivity (Wildman–Crippen MR) is 112 cm³/mol. The van der Waals surface area contributed by atoms with Gasteiger partial charge in [0.25, 0.3) is 11.5 Å². The van der Waals surface area contributed by atoms with Crippen molar-refractivity contribution >= 4 is 17.3 Å². The summed E-state index contributed by atoms with van der Waals surface area (Å²) in [4.78, 5) is 29.2. The molecule has 0 radical (unpaired) electrons. The van der Waals surface area contributed by atoms with E-state index in [1.807, 2.05) is 19.9 Å². The van der Waals surface area contributed by atoms with Crippen LogP contribution in [-0.2, 0) is 6.54 Å². The molecule has 1 amide bonds. The van der Waals surface area contributed by atoms with Gasteiger partial charge in [0, 0.05) is 50.2 Å². The quantitative estimate of drug-likeness (QED) is 0.829. The number of piperazine rings is 1. The van der Waals surface area contributed by atoms with Gasteiger partial charge in [-0.3, -0.25) is 9.59 Å². The van der Waals surface area contributed by atoms with E-state index in [1.165, 1.54) is 22.5 Å². The molecular formula is C21H29N5O2. The highest BCUT2D eigenvalue weighted by Gasteiger charge is 2.17. The van der Waals surface area contributed by atoms with Gasteiger partial charge in [0.2, 0.25) is 0 Å². The van der Waals surface area contributed by atoms with Crippen molar-refractivity contribution in [2.45, 2.75) is 33.7 Å². The molecule has 7 nitrogen and oxygen atoms in total. The van der Waals surface area contributed by atoms with Gasteiger partial charge in [-0.25, -0.2) is 4.68 Å². The van der Waals surface area contributed by atoms with Crippen LogP contribution in [0.15, 0.2) is 35.1 Å². The molecule has 0 spiro atoms. The van der Waals surface area contributed by atoms with Crippen LogP contribution in [0.25, 0.3) is 0 Å². The second kappa shape index (κ2) is 9.01. The maximum absolute atomic E-state index is 12.6. The van der Waals surface area contributed by atoms with Gasteiger partial charge < -0.3 is 15.1 Å². The highest BCUT2D eigenvalue weighted by Crippen LogP contribution is 2.24. The Labute approximate surface area is 166 Å². The first-order valence-corrected chi connectivity index (χ1v) is 9.99. The Bertz CT molecular complexity index is 885. The Kier molecular flexibility index (Phi) is 6.46. The number of hydrogen-bond donors (Lipinski definition) is 1. The standard InChI is InChI=1S/C21H29N5O2/c1-4-10-26-20(27)9-8-19(23-26)21(28)22-18-7-6-17(15-16(18)3)25-13-11-24(5-2)12-14-25/h6-9,15H,4-5,10-14H2,1-3H3,(H,22,28). The average Bonchev–Trinajstić information content (AvgIpc) is 2.71. The van der Waals surface area contributed by atoms with E-state index in [-0.39, 0.29) is 17.2 Å². The van der Waals surface area contributed by atoms with Crippen molar-refractivity contribution in [3.8, 4) is 0 Å². The molecule has 1 aromatic heterocycles. The number of nitrogens with zero attached hydrogens (tertiary/aromatic N) is 4. The van der Waals surface area contributed by atoms with Gasteiger partial charge in [0.1, 0.15) is 5.69 Å². The first-order chi connectivity index (χ1) is 13.5. The van der Waals surface area contributed by atoms with Gasteiger partial charge >= 0.3 is 0 Å². The number of aryl methyl sites for hydroxylation is 2. The van der Waals surface area contributed by atoms with E-state index in [2.05, 4.69) is 39.3 Å². The summed E-state index contributed by atoms with van der Waals surface area (Å²) in [5.41, 5.74) is 3.00. The second-order valence-electron chi connectivity index (χ2n) is 7.15. The van der Waals surface area contributed by atoms with E-state index in [9.17, 15) is 9.59 Å². The summed E-state index contributed by atoms with van der Waals surface area (Å²) < 4.78 is 1.33. The number of benzene rings is 1. The molecule has 0 bridgehead atoms. The number of anilines is 2. The van der Waals surface area contributed by atoms with Crippen LogP contribution in [0.1, 0.15) is 36.3 Å². The minimum atomic E-state index is -0.308. The summed E-state index contributed by atoms with van der Waals surface area (Å²) in [6, 6.07) is 8.97. The zero-order chi connectivity index (χ0) is 20.1. The van der Waals surface area contributed by atoms with Crippen molar-refractivity contribution in [3.63, 3.8) is 0 Å². The molecule has 1 saturated heterocycles. The number of likely N-dealkylation sites (N-methyl/N-ethyl adjacent to an activating group) is 1. The fourth-order valence-corrected chi connectivity index (χ4v) is 3.44. The van der Waals surface area contributed by atoms with Crippen LogP contribution in [0, 0.1) is 6.92 Å². The summed E-state index contributed by atoms with van der Waals surface area (Å²) in [6.07, 6.45) is 0.783. The van der Waals surface area contributed by atoms with Crippen molar-refractivity contribution in [3.05, 3.63) is 51.9 Å². The number of carbonyl (C=O) groups excluding carboxylic acids is 1. The predicted octanol–water partition coefficient (Wildman–Crippen LogP) is 2.36. The molecule has 150 valence electrons. The van der Waals surface area contributed by atoms with Crippen molar-refractivity contribution in [2.24, 2.45) is 0 Å². The van der Waals surface area contributed by atoms with Crippen LogP contribution in [-0.4, -0.2) is 53.3 Å². The smallest absolute Gasteiger partial charge is 0.276 e. The third kappa shape index (κ3) is 4.59. The molecule has 2 heterocycles. The average molecular weight is 383 g/mol. The second-order valence-corrected chi connectivity index (χ2v) is 7.15. The molecule has 7 heteroatoms. The molecule has 0 atom stereocenters. The third-order valence-electron chi connectivity index (χ3n) is 5.18. The zero-order valence-electron chi connectivity index (χ0n) is 16.9. The van der Waals surface area contributed by atoms with Crippen molar-refractivity contribution in [1.29, 1.82) is 0 Å². The summed E-state index contributed by atoms with van der Waals surface area (Å²) >= 11 is 0. The molecule has 2 aromatic rings. The molecular weight excluding hydrogens is 354 g/mol. The summed E-state index contributed by atoms with van der Waals surface area (Å²) in [6.45, 7) is 11.9. The maximum Gasteiger partial charge on any atom is 0.276 e. The Balaban J connectivity index is 1.70. The summed E-state index contributed by atoms with van der Waals surface area (Å²) in [7, 11) is 0. The van der Waals surface area contributed by atoms with E-state index in [0.717, 1.165) is 50.4 Å². The fourth-order valence-electron chi connectivity index (χ4n) is 3.44. The zero-order valence-corrected chi connectivity index (χ0v) is 16.9. The molecule has 0 unspecified atom stereocenters. The van der Waals surface area contributed by atoms with Crippen molar-refractivity contribution < 1.29 is 4.79 Å². The van der Waals surface area contributed by atoms with Gasteiger partial charge in [-0.05, 0) is 49.7 Å². The highest BCUT2D eigenvalue weighted by molar-refractivity contribution is 6.03. The number of rotatable bonds is 6. The topological polar surface area (TPSA) is 70.5 Å². The molecule has 1 N–H and O–H groups in total. The van der Waals surface area contributed by atoms with Gasteiger partial charge in [0.15, 0.2) is 0 Å². The lowest BCUT2D eigenvalue weighted by molar-refractivity contribution is 0.101. The highest BCUT2D eigenvalue weighted by atomic mass is 16.2. The third-order valence-corrected chi connectivity index (χ3v) is 5.18. The van der Waals surface area contributed by atoms with Crippen molar-refractivity contribution in [1.82, 2.24) is 14.7 Å². The lowest BCUT2D eigenvalue weighted by atomic mass is 10.1. The van der Waals surface area contributed by atoms with Crippen LogP contribution < -0.4 is 15.8 Å². The Morgan fingerprint density at radius 3 is 2.50 bits per heavy atom. The molecule has 3 rings (SSSR count). The molecule has 28 heavy (non-hydrogen) atoms. The molecule has 1 fully saturated rings. The largest absolute Gasteiger partial charge is 0.369 e. The first-order valence-electron chi connectivity index (χ1n) is 9.99. The number of nitrogens with one attached hydrogen (secondary N) is 1. The Morgan fingerprint density at radius 1 is 1.11 bits per heavy atom. The number of hydrogen-bond acceptors (Lipinski definition) is 5. The number of aromatic nitrogens is 2. The van der Waals surface area contributed by atoms with Crippen LogP contribution in [0.2, 0.25) is 0 Å². The minimum Gasteiger partial charge on any atom is -0.369 e. The molecule has 1 aromatic carbocycles. The van der Waals surface area contributed by atoms with Crippen LogP contribution in [0.5, 0.6) is 0 Å². The van der Waals surface area contributed by atoms with E-state index < -0.39 is 0 Å². The van der Waals surface area contributed by atoms with Gasteiger partial charge in [-0.1, -0.05) is 13.8 Å². The van der Waals surface area contributed by atoms with E-state index in [1.54, 1.807) is 0 Å². The molecule has 1 aliphatic rings. The summed E-state index contributed by atoms with van der Waals surface area (Å²) in [5.74, 6) is -0.308. The lowest BCUT2D eigenvalue weighted by Crippen LogP contribution is -2.46. The lowest BCUT2D eigenvalue weighted by Gasteiger charge is -2.35. The number of carbonyl (C=O) groups is 1. The van der Waals surface area contributed by atoms with E-state index >= 15 is 0 Å². The van der Waals surface area contributed by atoms with Crippen LogP contribution in [0.3, 0.4) is 0 Å². The van der Waals surface area contributed by atoms with E-state index in [4.69, 9.17) is 0 Å². The normalized spacial score (nSPS) is 14.9. The number of amides is 1.